The van der Waals surface area contributed by atoms with Crippen molar-refractivity contribution in [1.29, 1.82) is 5.26 Å². The lowest BCUT2D eigenvalue weighted by molar-refractivity contribution is 0.108. The van der Waals surface area contributed by atoms with Crippen LogP contribution >= 0.6 is 22.9 Å². The summed E-state index contributed by atoms with van der Waals surface area (Å²) < 4.78 is 70.6. The van der Waals surface area contributed by atoms with Gasteiger partial charge in [0, 0.05) is 23.9 Å². The molecule has 0 amide bonds. The number of hydrogen-bond acceptors (Lipinski definition) is 9. The minimum atomic E-state index is -2.56. The number of anilines is 2. The first kappa shape index (κ1) is 29.1. The third-order valence-corrected chi connectivity index (χ3v) is 10.3. The Labute approximate surface area is 258 Å². The maximum Gasteiger partial charge on any atom is 0.319 e. The molecule has 0 saturated carbocycles. The van der Waals surface area contributed by atoms with Crippen molar-refractivity contribution in [3.8, 4) is 29.0 Å². The van der Waals surface area contributed by atoms with Gasteiger partial charge in [0.25, 0.3) is 0 Å². The standard InChI is InChI=1S/C30H27ClF4N6O2S/c31-22-20(15-3-4-17(32)26-19(15)16(13-36)27(37)44-26)23(35)24-21-25(22)42-12-11-40(10-5-18(33)34)28(21)39-29(38-24)43-14-30-6-1-8-41(30)9-2-7-30/h3-4,18H,1-2,5-12,14,37H2. The summed E-state index contributed by atoms with van der Waals surface area (Å²) in [5, 5.41) is 10.0. The van der Waals surface area contributed by atoms with Gasteiger partial charge in [-0.25, -0.2) is 17.6 Å². The number of rotatable bonds is 7. The second-order valence-electron chi connectivity index (χ2n) is 11.4. The molecule has 0 aliphatic carbocycles. The summed E-state index contributed by atoms with van der Waals surface area (Å²) in [6, 6.07) is 4.40. The molecule has 0 unspecified atom stereocenters. The normalized spacial score (nSPS) is 17.7. The van der Waals surface area contributed by atoms with Gasteiger partial charge >= 0.3 is 6.01 Å². The summed E-state index contributed by atoms with van der Waals surface area (Å²) in [6.07, 6.45) is 1.04. The van der Waals surface area contributed by atoms with Crippen LogP contribution in [-0.4, -0.2) is 66.2 Å². The first-order valence-electron chi connectivity index (χ1n) is 14.4. The van der Waals surface area contributed by atoms with Crippen LogP contribution in [-0.2, 0) is 0 Å². The fourth-order valence-electron chi connectivity index (χ4n) is 6.90. The molecule has 2 N–H and O–H groups in total. The zero-order chi connectivity index (χ0) is 30.7. The van der Waals surface area contributed by atoms with E-state index in [0.29, 0.717) is 6.61 Å². The highest BCUT2D eigenvalue weighted by atomic mass is 35.5. The Hall–Kier alpha value is -3.60. The molecule has 3 aliphatic rings. The van der Waals surface area contributed by atoms with Gasteiger partial charge in [-0.05, 0) is 50.4 Å². The molecule has 0 radical (unpaired) electrons. The molecule has 2 fully saturated rings. The quantitative estimate of drug-likeness (QED) is 0.220. The number of nitrogens with zero attached hydrogens (tertiary/aromatic N) is 5. The zero-order valence-corrected chi connectivity index (χ0v) is 25.0. The molecular formula is C30H27ClF4N6O2S. The average molecular weight is 647 g/mol. The van der Waals surface area contributed by atoms with Gasteiger partial charge in [0.15, 0.2) is 11.6 Å². The van der Waals surface area contributed by atoms with Crippen LogP contribution in [0.15, 0.2) is 12.1 Å². The topological polar surface area (TPSA) is 101 Å². The number of fused-ring (bicyclic) bond motifs is 2. The van der Waals surface area contributed by atoms with Crippen LogP contribution in [0.3, 0.4) is 0 Å². The molecule has 3 aliphatic heterocycles. The second kappa shape index (κ2) is 11.1. The molecule has 230 valence electrons. The van der Waals surface area contributed by atoms with Crippen LogP contribution in [0.4, 0.5) is 28.4 Å². The number of benzene rings is 2. The van der Waals surface area contributed by atoms with E-state index in [1.54, 1.807) is 4.90 Å². The molecular weight excluding hydrogens is 620 g/mol. The molecule has 5 heterocycles. The summed E-state index contributed by atoms with van der Waals surface area (Å²) in [7, 11) is 0. The van der Waals surface area contributed by atoms with Crippen molar-refractivity contribution in [2.75, 3.05) is 50.0 Å². The number of nitrogens with two attached hydrogens (primary N) is 1. The Bertz CT molecular complexity index is 1840. The Morgan fingerprint density at radius 1 is 1.16 bits per heavy atom. The summed E-state index contributed by atoms with van der Waals surface area (Å²) in [6.45, 7) is 2.42. The van der Waals surface area contributed by atoms with E-state index in [-0.39, 0.29) is 90.5 Å². The van der Waals surface area contributed by atoms with E-state index in [2.05, 4.69) is 14.9 Å². The highest BCUT2D eigenvalue weighted by Gasteiger charge is 2.45. The van der Waals surface area contributed by atoms with Gasteiger partial charge in [-0.2, -0.15) is 15.2 Å². The maximum atomic E-state index is 16.9. The largest absolute Gasteiger partial charge is 0.489 e. The molecule has 0 bridgehead atoms. The number of alkyl halides is 2. The van der Waals surface area contributed by atoms with Crippen molar-refractivity contribution in [1.82, 2.24) is 14.9 Å². The van der Waals surface area contributed by atoms with Crippen molar-refractivity contribution in [3.63, 3.8) is 0 Å². The van der Waals surface area contributed by atoms with Crippen LogP contribution in [0, 0.1) is 23.0 Å². The Morgan fingerprint density at radius 2 is 1.93 bits per heavy atom. The van der Waals surface area contributed by atoms with Crippen LogP contribution in [0.25, 0.3) is 32.1 Å². The van der Waals surface area contributed by atoms with E-state index >= 15 is 4.39 Å². The van der Waals surface area contributed by atoms with Crippen molar-refractivity contribution < 1.29 is 27.0 Å². The summed E-state index contributed by atoms with van der Waals surface area (Å²) in [5.41, 5.74) is 5.70. The fraction of sp³-hybridized carbons (Fsp3) is 0.433. The third-order valence-electron chi connectivity index (χ3n) is 8.95. The minimum Gasteiger partial charge on any atom is -0.489 e. The number of aromatic nitrogens is 2. The molecule has 4 aromatic rings. The van der Waals surface area contributed by atoms with E-state index in [1.165, 1.54) is 6.07 Å². The predicted molar refractivity (Wildman–Crippen MR) is 161 cm³/mol. The van der Waals surface area contributed by atoms with E-state index < -0.39 is 24.5 Å². The number of nitriles is 1. The lowest BCUT2D eigenvalue weighted by Gasteiger charge is -2.31. The van der Waals surface area contributed by atoms with E-state index in [1.807, 2.05) is 6.07 Å². The molecule has 2 aromatic heterocycles. The molecule has 2 saturated heterocycles. The number of thiophene rings is 1. The SMILES string of the molecule is N#Cc1c(N)sc2c(F)ccc(-c3c(Cl)c4c5c(nc(OCC67CCCN6CCC7)nc5c3F)N(CCC(F)F)CCO4)c12. The van der Waals surface area contributed by atoms with Crippen molar-refractivity contribution in [2.24, 2.45) is 0 Å². The van der Waals surface area contributed by atoms with Crippen molar-refractivity contribution in [3.05, 3.63) is 34.4 Å². The van der Waals surface area contributed by atoms with Crippen molar-refractivity contribution >= 4 is 54.7 Å². The predicted octanol–water partition coefficient (Wildman–Crippen LogP) is 6.76. The fourth-order valence-corrected chi connectivity index (χ4v) is 8.19. The van der Waals surface area contributed by atoms with E-state index in [0.717, 1.165) is 56.2 Å². The Morgan fingerprint density at radius 3 is 2.66 bits per heavy atom. The van der Waals surface area contributed by atoms with Crippen LogP contribution in [0.5, 0.6) is 11.8 Å². The monoisotopic (exact) mass is 646 g/mol. The number of halogens is 5. The first-order valence-corrected chi connectivity index (χ1v) is 15.6. The van der Waals surface area contributed by atoms with Gasteiger partial charge in [0.1, 0.15) is 41.4 Å². The van der Waals surface area contributed by atoms with E-state index in [4.69, 9.17) is 26.8 Å². The lowest BCUT2D eigenvalue weighted by Crippen LogP contribution is -2.43. The minimum absolute atomic E-state index is 0.00404. The molecule has 14 heteroatoms. The molecule has 7 rings (SSSR count). The smallest absolute Gasteiger partial charge is 0.319 e. The molecule has 44 heavy (non-hydrogen) atoms. The summed E-state index contributed by atoms with van der Waals surface area (Å²) in [5.74, 6) is -1.24. The maximum absolute atomic E-state index is 16.9. The van der Waals surface area contributed by atoms with Crippen LogP contribution in [0.2, 0.25) is 5.02 Å². The second-order valence-corrected chi connectivity index (χ2v) is 12.8. The van der Waals surface area contributed by atoms with Gasteiger partial charge < -0.3 is 20.1 Å². The van der Waals surface area contributed by atoms with Gasteiger partial charge in [-0.1, -0.05) is 17.7 Å². The van der Waals surface area contributed by atoms with Gasteiger partial charge in [0.2, 0.25) is 6.43 Å². The Balaban J connectivity index is 1.44. The van der Waals surface area contributed by atoms with Crippen LogP contribution < -0.4 is 20.1 Å². The summed E-state index contributed by atoms with van der Waals surface area (Å²) in [4.78, 5) is 13.1. The number of hydrogen-bond donors (Lipinski definition) is 1. The zero-order valence-electron chi connectivity index (χ0n) is 23.4. The summed E-state index contributed by atoms with van der Waals surface area (Å²) >= 11 is 7.75. The highest BCUT2D eigenvalue weighted by Crippen LogP contribution is 2.51. The highest BCUT2D eigenvalue weighted by molar-refractivity contribution is 7.23. The van der Waals surface area contributed by atoms with Gasteiger partial charge in [-0.15, -0.1) is 11.3 Å². The Kier molecular flexibility index (Phi) is 7.34. The average Bonchev–Trinajstić information content (AvgIpc) is 3.64. The van der Waals surface area contributed by atoms with E-state index in [9.17, 15) is 18.4 Å². The van der Waals surface area contributed by atoms with Crippen molar-refractivity contribution in [2.45, 2.75) is 44.1 Å². The molecule has 0 atom stereocenters. The van der Waals surface area contributed by atoms with Gasteiger partial charge in [-0.3, -0.25) is 4.90 Å². The molecule has 0 spiro atoms. The number of nitrogen functional groups attached to an aromatic ring is 1. The molecule has 2 aromatic carbocycles. The lowest BCUT2D eigenvalue weighted by atomic mass is 9.95. The van der Waals surface area contributed by atoms with Gasteiger partial charge in [0.05, 0.1) is 32.8 Å². The van der Waals surface area contributed by atoms with Crippen LogP contribution in [0.1, 0.15) is 37.7 Å². The molecule has 8 nitrogen and oxygen atoms in total. The first-order chi connectivity index (χ1) is 21.2. The number of ether oxygens (including phenoxy) is 2. The third kappa shape index (κ3) is 4.57.